The average molecular weight is 309 g/mol. The van der Waals surface area contributed by atoms with Crippen LogP contribution in [-0.4, -0.2) is 40.9 Å². The van der Waals surface area contributed by atoms with Crippen molar-refractivity contribution in [1.29, 1.82) is 4.78 Å². The Balaban J connectivity index is 2.05. The Kier molecular flexibility index (Phi) is 5.00. The summed E-state index contributed by atoms with van der Waals surface area (Å²) < 4.78 is 19.7. The Morgan fingerprint density at radius 3 is 2.81 bits per heavy atom. The molecule has 0 radical (unpaired) electrons. The van der Waals surface area contributed by atoms with Crippen molar-refractivity contribution in [3.63, 3.8) is 0 Å². The molecule has 1 aliphatic heterocycles. The molecule has 0 saturated carbocycles. The molecule has 1 saturated heterocycles. The highest BCUT2D eigenvalue weighted by molar-refractivity contribution is 7.91. The molecule has 21 heavy (non-hydrogen) atoms. The minimum Gasteiger partial charge on any atom is -0.351 e. The van der Waals surface area contributed by atoms with Gasteiger partial charge >= 0.3 is 0 Å². The lowest BCUT2D eigenvalue weighted by molar-refractivity contribution is -0.127. The molecule has 1 heterocycles. The maximum Gasteiger partial charge on any atom is 0.237 e. The van der Waals surface area contributed by atoms with Gasteiger partial charge < -0.3 is 5.32 Å². The molecule has 1 aromatic rings. The number of benzene rings is 1. The van der Waals surface area contributed by atoms with Gasteiger partial charge in [0.25, 0.3) is 0 Å². The van der Waals surface area contributed by atoms with E-state index in [-0.39, 0.29) is 11.9 Å². The van der Waals surface area contributed by atoms with Gasteiger partial charge in [-0.15, -0.1) is 0 Å². The molecule has 116 valence electrons. The summed E-state index contributed by atoms with van der Waals surface area (Å²) in [6.07, 6.45) is 4.50. The number of rotatable bonds is 4. The van der Waals surface area contributed by atoms with Crippen molar-refractivity contribution >= 4 is 15.6 Å². The zero-order chi connectivity index (χ0) is 15.5. The minimum absolute atomic E-state index is 0.0135. The fraction of sp³-hybridized carbons (Fsp3) is 0.533. The minimum atomic E-state index is -2.78. The van der Waals surface area contributed by atoms with Crippen molar-refractivity contribution in [2.24, 2.45) is 0 Å². The zero-order valence-corrected chi connectivity index (χ0v) is 13.4. The SMILES string of the molecule is CN1CCCCC1C(=O)NCc1ccccc1S(C)(=N)=O. The predicted octanol–water partition coefficient (Wildman–Crippen LogP) is 1.82. The lowest BCUT2D eigenvalue weighted by Crippen LogP contribution is -2.47. The van der Waals surface area contributed by atoms with Crippen molar-refractivity contribution in [3.8, 4) is 0 Å². The molecule has 0 aliphatic carbocycles. The van der Waals surface area contributed by atoms with Gasteiger partial charge in [0.15, 0.2) is 0 Å². The van der Waals surface area contributed by atoms with Gasteiger partial charge in [-0.1, -0.05) is 24.6 Å². The molecular weight excluding hydrogens is 286 g/mol. The first-order valence-corrected chi connectivity index (χ1v) is 9.16. The van der Waals surface area contributed by atoms with Gasteiger partial charge in [-0.25, -0.2) is 8.99 Å². The van der Waals surface area contributed by atoms with E-state index in [0.717, 1.165) is 31.4 Å². The van der Waals surface area contributed by atoms with E-state index in [2.05, 4.69) is 10.2 Å². The van der Waals surface area contributed by atoms with E-state index in [9.17, 15) is 9.00 Å². The molecule has 1 aliphatic rings. The van der Waals surface area contributed by atoms with Crippen LogP contribution in [0.3, 0.4) is 0 Å². The third kappa shape index (κ3) is 4.04. The highest BCUT2D eigenvalue weighted by Crippen LogP contribution is 2.17. The van der Waals surface area contributed by atoms with Crippen molar-refractivity contribution in [1.82, 2.24) is 10.2 Å². The number of likely N-dealkylation sites (N-methyl/N-ethyl adjacent to an activating group) is 1. The Labute approximate surface area is 126 Å². The van der Waals surface area contributed by atoms with Crippen LogP contribution in [0, 0.1) is 4.78 Å². The predicted molar refractivity (Wildman–Crippen MR) is 83.6 cm³/mol. The number of carbonyl (C=O) groups excluding carboxylic acids is 1. The summed E-state index contributed by atoms with van der Waals surface area (Å²) in [5.41, 5.74) is 0.756. The lowest BCUT2D eigenvalue weighted by Gasteiger charge is -2.31. The number of hydrogen-bond donors (Lipinski definition) is 2. The van der Waals surface area contributed by atoms with E-state index in [4.69, 9.17) is 4.78 Å². The number of carbonyl (C=O) groups is 1. The van der Waals surface area contributed by atoms with Crippen LogP contribution in [0.2, 0.25) is 0 Å². The van der Waals surface area contributed by atoms with Gasteiger partial charge in [0.1, 0.15) is 0 Å². The summed E-state index contributed by atoms with van der Waals surface area (Å²) >= 11 is 0. The second kappa shape index (κ2) is 6.58. The highest BCUT2D eigenvalue weighted by Gasteiger charge is 2.25. The van der Waals surface area contributed by atoms with E-state index in [1.54, 1.807) is 12.1 Å². The largest absolute Gasteiger partial charge is 0.351 e. The smallest absolute Gasteiger partial charge is 0.237 e. The summed E-state index contributed by atoms with van der Waals surface area (Å²) in [6.45, 7) is 1.27. The van der Waals surface area contributed by atoms with Crippen LogP contribution >= 0.6 is 0 Å². The molecule has 5 nitrogen and oxygen atoms in total. The molecule has 2 atom stereocenters. The average Bonchev–Trinajstić information content (AvgIpc) is 2.44. The summed E-state index contributed by atoms with van der Waals surface area (Å²) in [7, 11) is -0.806. The Hall–Kier alpha value is -1.40. The first-order chi connectivity index (χ1) is 9.89. The summed E-state index contributed by atoms with van der Waals surface area (Å²) in [5, 5.41) is 2.92. The number of hydrogen-bond acceptors (Lipinski definition) is 4. The molecule has 6 heteroatoms. The first kappa shape index (κ1) is 16.0. The van der Waals surface area contributed by atoms with Crippen LogP contribution in [0.15, 0.2) is 29.2 Å². The van der Waals surface area contributed by atoms with Gasteiger partial charge in [-0.05, 0) is 38.1 Å². The molecule has 2 N–H and O–H groups in total. The third-order valence-corrected chi connectivity index (χ3v) is 5.16. The second-order valence-corrected chi connectivity index (χ2v) is 7.79. The molecule has 0 aromatic heterocycles. The Bertz CT molecular complexity index is 613. The summed E-state index contributed by atoms with van der Waals surface area (Å²) in [4.78, 5) is 14.9. The van der Waals surface area contributed by atoms with Crippen LogP contribution in [0.1, 0.15) is 24.8 Å². The molecule has 1 amide bonds. The number of amides is 1. The van der Waals surface area contributed by atoms with Crippen molar-refractivity contribution < 1.29 is 9.00 Å². The molecule has 2 unspecified atom stereocenters. The lowest BCUT2D eigenvalue weighted by atomic mass is 10.0. The number of piperidine rings is 1. The van der Waals surface area contributed by atoms with Gasteiger partial charge in [0.05, 0.1) is 20.7 Å². The van der Waals surface area contributed by atoms with Crippen LogP contribution < -0.4 is 5.32 Å². The Morgan fingerprint density at radius 1 is 1.43 bits per heavy atom. The first-order valence-electron chi connectivity index (χ1n) is 7.19. The third-order valence-electron chi connectivity index (χ3n) is 3.92. The number of nitrogens with one attached hydrogen (secondary N) is 2. The quantitative estimate of drug-likeness (QED) is 0.891. The second-order valence-electron chi connectivity index (χ2n) is 5.66. The maximum absolute atomic E-state index is 12.3. The molecular formula is C15H23N3O2S. The highest BCUT2D eigenvalue weighted by atomic mass is 32.2. The Morgan fingerprint density at radius 2 is 2.14 bits per heavy atom. The summed E-state index contributed by atoms with van der Waals surface area (Å²) in [5.74, 6) is 0.0135. The monoisotopic (exact) mass is 309 g/mol. The van der Waals surface area contributed by atoms with Gasteiger partial charge in [0, 0.05) is 12.8 Å². The number of likely N-dealkylation sites (tertiary alicyclic amines) is 1. The van der Waals surface area contributed by atoms with Crippen molar-refractivity contribution in [2.45, 2.75) is 36.7 Å². The summed E-state index contributed by atoms with van der Waals surface area (Å²) in [6, 6.07) is 7.05. The molecule has 2 rings (SSSR count). The van der Waals surface area contributed by atoms with Crippen LogP contribution in [0.4, 0.5) is 0 Å². The zero-order valence-electron chi connectivity index (χ0n) is 12.6. The van der Waals surface area contributed by atoms with E-state index < -0.39 is 9.73 Å². The van der Waals surface area contributed by atoms with Crippen molar-refractivity contribution in [3.05, 3.63) is 29.8 Å². The van der Waals surface area contributed by atoms with Crippen molar-refractivity contribution in [2.75, 3.05) is 19.8 Å². The van der Waals surface area contributed by atoms with Crippen LogP contribution in [0.5, 0.6) is 0 Å². The normalized spacial score (nSPS) is 22.5. The van der Waals surface area contributed by atoms with Gasteiger partial charge in [-0.3, -0.25) is 9.69 Å². The molecule has 1 aromatic carbocycles. The fourth-order valence-corrected chi connectivity index (χ4v) is 3.72. The van der Waals surface area contributed by atoms with Crippen LogP contribution in [0.25, 0.3) is 0 Å². The molecule has 0 spiro atoms. The van der Waals surface area contributed by atoms with E-state index >= 15 is 0 Å². The topological polar surface area (TPSA) is 73.3 Å². The molecule has 1 fully saturated rings. The molecule has 0 bridgehead atoms. The van der Waals surface area contributed by atoms with E-state index in [1.807, 2.05) is 19.2 Å². The van der Waals surface area contributed by atoms with E-state index in [1.165, 1.54) is 6.26 Å². The fourth-order valence-electron chi connectivity index (χ4n) is 2.74. The van der Waals surface area contributed by atoms with Crippen LogP contribution in [-0.2, 0) is 21.1 Å². The number of nitrogens with zero attached hydrogens (tertiary/aromatic N) is 1. The van der Waals surface area contributed by atoms with E-state index in [0.29, 0.717) is 11.4 Å². The maximum atomic E-state index is 12.3. The van der Waals surface area contributed by atoms with Gasteiger partial charge in [-0.2, -0.15) is 0 Å². The standard InChI is InChI=1S/C15H23N3O2S/c1-18-10-6-5-8-13(18)15(19)17-11-12-7-3-4-9-14(12)21(2,16)20/h3-4,7,9,13,16H,5-6,8,10-11H2,1-2H3,(H,17,19). The van der Waals surface area contributed by atoms with Gasteiger partial charge in [0.2, 0.25) is 5.91 Å².